The first-order chi connectivity index (χ1) is 11.8. The van der Waals surface area contributed by atoms with E-state index in [2.05, 4.69) is 5.32 Å². The molecule has 1 aliphatic rings. The summed E-state index contributed by atoms with van der Waals surface area (Å²) in [6.45, 7) is 1.89. The third-order valence-electron chi connectivity index (χ3n) is 4.78. The van der Waals surface area contributed by atoms with Crippen molar-refractivity contribution in [3.8, 4) is 5.75 Å². The van der Waals surface area contributed by atoms with Gasteiger partial charge < -0.3 is 15.0 Å². The second-order valence-corrected chi connectivity index (χ2v) is 6.73. The fraction of sp³-hybridized carbons (Fsp3) is 0.556. The van der Waals surface area contributed by atoms with Crippen LogP contribution in [0.5, 0.6) is 5.75 Å². The number of ether oxygens (including phenoxy) is 1. The number of nitrogens with one attached hydrogen (secondary N) is 1. The molecular weight excluding hydrogens is 330 g/mol. The zero-order chi connectivity index (χ0) is 18.6. The van der Waals surface area contributed by atoms with Crippen LogP contribution < -0.4 is 10.1 Å². The molecule has 2 atom stereocenters. The zero-order valence-corrected chi connectivity index (χ0v) is 14.7. The summed E-state index contributed by atoms with van der Waals surface area (Å²) in [7, 11) is 3.15. The Balaban J connectivity index is 2.02. The van der Waals surface area contributed by atoms with Crippen molar-refractivity contribution in [1.29, 1.82) is 0 Å². The summed E-state index contributed by atoms with van der Waals surface area (Å²) in [5.74, 6) is -0.815. The van der Waals surface area contributed by atoms with Gasteiger partial charge in [-0.2, -0.15) is 0 Å². The van der Waals surface area contributed by atoms with Gasteiger partial charge in [0.2, 0.25) is 18.2 Å². The predicted octanol–water partition coefficient (Wildman–Crippen LogP) is 2.42. The van der Waals surface area contributed by atoms with Crippen LogP contribution in [0.4, 0.5) is 8.78 Å². The molecule has 1 saturated heterocycles. The Morgan fingerprint density at radius 2 is 2.00 bits per heavy atom. The molecule has 2 rings (SSSR count). The third-order valence-corrected chi connectivity index (χ3v) is 4.78. The van der Waals surface area contributed by atoms with Gasteiger partial charge in [0.1, 0.15) is 5.75 Å². The summed E-state index contributed by atoms with van der Waals surface area (Å²) < 4.78 is 31.9. The third kappa shape index (κ3) is 4.46. The number of rotatable bonds is 6. The zero-order valence-electron chi connectivity index (χ0n) is 14.7. The van der Waals surface area contributed by atoms with E-state index in [0.717, 1.165) is 0 Å². The monoisotopic (exact) mass is 354 g/mol. The average Bonchev–Trinajstić information content (AvgIpc) is 2.58. The maximum atomic E-state index is 13.4. The predicted molar refractivity (Wildman–Crippen MR) is 89.7 cm³/mol. The van der Waals surface area contributed by atoms with Crippen LogP contribution in [0.3, 0.4) is 0 Å². The van der Waals surface area contributed by atoms with Gasteiger partial charge in [-0.1, -0.05) is 12.1 Å². The van der Waals surface area contributed by atoms with Gasteiger partial charge in [-0.15, -0.1) is 0 Å². The van der Waals surface area contributed by atoms with Crippen LogP contribution >= 0.6 is 0 Å². The topological polar surface area (TPSA) is 58.6 Å². The lowest BCUT2D eigenvalue weighted by Gasteiger charge is -2.37. The lowest BCUT2D eigenvalue weighted by molar-refractivity contribution is -0.142. The minimum absolute atomic E-state index is 0.00559. The fourth-order valence-corrected chi connectivity index (χ4v) is 3.07. The number of halogens is 2. The van der Waals surface area contributed by atoms with Crippen molar-refractivity contribution in [3.05, 3.63) is 29.8 Å². The second kappa shape index (κ2) is 7.80. The Morgan fingerprint density at radius 3 is 2.52 bits per heavy atom. The van der Waals surface area contributed by atoms with E-state index in [0.29, 0.717) is 24.3 Å². The van der Waals surface area contributed by atoms with Crippen LogP contribution in [-0.4, -0.2) is 50.4 Å². The van der Waals surface area contributed by atoms with Crippen molar-refractivity contribution in [2.24, 2.45) is 5.41 Å². The van der Waals surface area contributed by atoms with Gasteiger partial charge in [0.05, 0.1) is 18.4 Å². The first kappa shape index (κ1) is 19.1. The molecular formula is C18H24F2N2O3. The molecule has 0 radical (unpaired) electrons. The smallest absolute Gasteiger partial charge is 0.247 e. The molecule has 25 heavy (non-hydrogen) atoms. The fourth-order valence-electron chi connectivity index (χ4n) is 3.07. The second-order valence-electron chi connectivity index (χ2n) is 6.73. The summed E-state index contributed by atoms with van der Waals surface area (Å²) in [5, 5.41) is 2.65. The summed E-state index contributed by atoms with van der Waals surface area (Å²) >= 11 is 0. The molecule has 0 aromatic heterocycles. The molecule has 1 heterocycles. The average molecular weight is 354 g/mol. The Kier molecular flexibility index (Phi) is 5.98. The number of carbonyl (C=O) groups excluding carboxylic acids is 2. The molecule has 0 spiro atoms. The summed E-state index contributed by atoms with van der Waals surface area (Å²) in [6.07, 6.45) is -1.89. The van der Waals surface area contributed by atoms with Crippen LogP contribution in [0.15, 0.2) is 24.3 Å². The molecule has 2 amide bonds. The quantitative estimate of drug-likeness (QED) is 0.854. The molecule has 1 aliphatic heterocycles. The maximum absolute atomic E-state index is 13.4. The highest BCUT2D eigenvalue weighted by Gasteiger charge is 2.40. The van der Waals surface area contributed by atoms with E-state index in [1.807, 2.05) is 0 Å². The Hall–Kier alpha value is -2.18. The molecule has 1 fully saturated rings. The number of benzene rings is 1. The van der Waals surface area contributed by atoms with E-state index >= 15 is 0 Å². The van der Waals surface area contributed by atoms with Crippen LogP contribution in [-0.2, 0) is 9.59 Å². The number of hydrogen-bond donors (Lipinski definition) is 1. The number of likely N-dealkylation sites (tertiary alicyclic amines) is 1. The molecule has 5 nitrogen and oxygen atoms in total. The van der Waals surface area contributed by atoms with Crippen LogP contribution in [0, 0.1) is 5.41 Å². The summed E-state index contributed by atoms with van der Waals surface area (Å²) in [6, 6.07) is 6.40. The molecule has 0 aliphatic carbocycles. The first-order valence-corrected chi connectivity index (χ1v) is 8.21. The van der Waals surface area contributed by atoms with E-state index in [4.69, 9.17) is 4.74 Å². The van der Waals surface area contributed by atoms with E-state index in [1.165, 1.54) is 12.0 Å². The van der Waals surface area contributed by atoms with Crippen molar-refractivity contribution >= 4 is 11.8 Å². The van der Waals surface area contributed by atoms with Crippen LogP contribution in [0.25, 0.3) is 0 Å². The molecule has 1 aromatic carbocycles. The molecule has 138 valence electrons. The van der Waals surface area contributed by atoms with Gasteiger partial charge in [-0.25, -0.2) is 8.78 Å². The Morgan fingerprint density at radius 1 is 1.36 bits per heavy atom. The number of hydrogen-bond acceptors (Lipinski definition) is 3. The van der Waals surface area contributed by atoms with Crippen LogP contribution in [0.2, 0.25) is 0 Å². The highest BCUT2D eigenvalue weighted by atomic mass is 19.3. The molecule has 1 aromatic rings. The minimum atomic E-state index is -2.60. The van der Waals surface area contributed by atoms with Crippen LogP contribution in [0.1, 0.15) is 31.2 Å². The molecule has 2 unspecified atom stereocenters. The highest BCUT2D eigenvalue weighted by molar-refractivity contribution is 5.86. The van der Waals surface area contributed by atoms with E-state index < -0.39 is 17.8 Å². The Bertz CT molecular complexity index is 621. The van der Waals surface area contributed by atoms with Gasteiger partial charge >= 0.3 is 0 Å². The van der Waals surface area contributed by atoms with Gasteiger partial charge in [0.15, 0.2) is 0 Å². The Labute approximate surface area is 146 Å². The maximum Gasteiger partial charge on any atom is 0.247 e. The first-order valence-electron chi connectivity index (χ1n) is 8.21. The SMILES string of the molecule is COc1ccc(C(CNC(=O)C2(C)CCC(=O)N(C)C2)C(F)F)cc1. The highest BCUT2D eigenvalue weighted by Crippen LogP contribution is 2.30. The van der Waals surface area contributed by atoms with Crippen molar-refractivity contribution < 1.29 is 23.1 Å². The van der Waals surface area contributed by atoms with E-state index in [1.54, 1.807) is 38.2 Å². The van der Waals surface area contributed by atoms with Crippen molar-refractivity contribution in [2.75, 3.05) is 27.2 Å². The van der Waals surface area contributed by atoms with Gasteiger partial charge in [-0.3, -0.25) is 9.59 Å². The number of piperidine rings is 1. The molecule has 1 N–H and O–H groups in total. The largest absolute Gasteiger partial charge is 0.497 e. The lowest BCUT2D eigenvalue weighted by Crippen LogP contribution is -2.51. The van der Waals surface area contributed by atoms with Gasteiger partial charge in [-0.05, 0) is 31.0 Å². The lowest BCUT2D eigenvalue weighted by atomic mass is 9.80. The van der Waals surface area contributed by atoms with Gasteiger partial charge in [0.25, 0.3) is 0 Å². The van der Waals surface area contributed by atoms with Crippen molar-refractivity contribution in [1.82, 2.24) is 10.2 Å². The molecule has 7 heteroatoms. The number of amides is 2. The number of nitrogens with zero attached hydrogens (tertiary/aromatic N) is 1. The number of methoxy groups -OCH3 is 1. The number of alkyl halides is 2. The number of carbonyl (C=O) groups is 2. The summed E-state index contributed by atoms with van der Waals surface area (Å²) in [4.78, 5) is 25.6. The van der Waals surface area contributed by atoms with Crippen molar-refractivity contribution in [3.63, 3.8) is 0 Å². The molecule has 0 saturated carbocycles. The normalized spacial score (nSPS) is 22.0. The minimum Gasteiger partial charge on any atom is -0.497 e. The standard InChI is InChI=1S/C18H24F2N2O3/c1-18(9-8-15(23)22(2)11-18)17(24)21-10-14(16(19)20)12-4-6-13(25-3)7-5-12/h4-7,14,16H,8-11H2,1-3H3,(H,21,24). The molecule has 0 bridgehead atoms. The van der Waals surface area contributed by atoms with Gasteiger partial charge in [0, 0.05) is 26.6 Å². The van der Waals surface area contributed by atoms with E-state index in [-0.39, 0.29) is 24.8 Å². The van der Waals surface area contributed by atoms with E-state index in [9.17, 15) is 18.4 Å². The van der Waals surface area contributed by atoms with Crippen molar-refractivity contribution in [2.45, 2.75) is 32.1 Å². The summed E-state index contributed by atoms with van der Waals surface area (Å²) in [5.41, 5.74) is -0.313.